The Hall–Kier alpha value is -0.880. The number of hydrogen-bond donors (Lipinski definition) is 0. The minimum absolute atomic E-state index is 0.0789. The van der Waals surface area contributed by atoms with E-state index in [-0.39, 0.29) is 13.0 Å². The average Bonchev–Trinajstić information content (AvgIpc) is 2.33. The van der Waals surface area contributed by atoms with Gasteiger partial charge in [0.15, 0.2) is 0 Å². The van der Waals surface area contributed by atoms with E-state index in [0.717, 1.165) is 0 Å². The Morgan fingerprint density at radius 2 is 1.86 bits per heavy atom. The number of carbonyl (C=O) groups is 1. The monoisotopic (exact) mass is 218 g/mol. The van der Waals surface area contributed by atoms with Crippen molar-refractivity contribution in [1.29, 1.82) is 0 Å². The first-order valence-electron chi connectivity index (χ1n) is 3.85. The van der Waals surface area contributed by atoms with E-state index >= 15 is 0 Å². The normalized spacial score (nSPS) is 23.8. The molecular formula is C7H7F5O2. The van der Waals surface area contributed by atoms with E-state index in [1.165, 1.54) is 0 Å². The molecule has 1 rings (SSSR count). The van der Waals surface area contributed by atoms with Crippen LogP contribution in [-0.4, -0.2) is 24.7 Å². The molecule has 82 valence electrons. The number of halogens is 5. The van der Waals surface area contributed by atoms with Crippen LogP contribution in [0.3, 0.4) is 0 Å². The number of rotatable bonds is 2. The molecule has 1 aliphatic rings. The van der Waals surface area contributed by atoms with Gasteiger partial charge in [-0.1, -0.05) is 0 Å². The smallest absolute Gasteiger partial charge is 0.453 e. The van der Waals surface area contributed by atoms with Crippen LogP contribution in [0.5, 0.6) is 0 Å². The molecule has 1 saturated heterocycles. The molecule has 2 nitrogen and oxygen atoms in total. The number of alkyl halides is 5. The summed E-state index contributed by atoms with van der Waals surface area (Å²) in [5.41, 5.74) is 0. The van der Waals surface area contributed by atoms with E-state index in [2.05, 4.69) is 4.74 Å². The zero-order valence-corrected chi connectivity index (χ0v) is 6.90. The van der Waals surface area contributed by atoms with Crippen LogP contribution in [0.4, 0.5) is 22.0 Å². The van der Waals surface area contributed by atoms with Gasteiger partial charge in [0.2, 0.25) is 0 Å². The van der Waals surface area contributed by atoms with Crippen molar-refractivity contribution < 1.29 is 31.5 Å². The maximum Gasteiger partial charge on any atom is 0.453 e. The van der Waals surface area contributed by atoms with E-state index < -0.39 is 30.4 Å². The van der Waals surface area contributed by atoms with E-state index in [4.69, 9.17) is 0 Å². The average molecular weight is 218 g/mol. The number of carbonyl (C=O) groups excluding carboxylic acids is 1. The highest BCUT2D eigenvalue weighted by molar-refractivity contribution is 5.74. The molecule has 0 radical (unpaired) electrons. The molecule has 1 aliphatic heterocycles. The molecule has 1 heterocycles. The van der Waals surface area contributed by atoms with Crippen molar-refractivity contribution in [2.24, 2.45) is 5.92 Å². The van der Waals surface area contributed by atoms with Gasteiger partial charge in [-0.2, -0.15) is 22.0 Å². The van der Waals surface area contributed by atoms with Crippen LogP contribution < -0.4 is 0 Å². The first kappa shape index (κ1) is 11.2. The fourth-order valence-electron chi connectivity index (χ4n) is 1.15. The van der Waals surface area contributed by atoms with Gasteiger partial charge in [-0.3, -0.25) is 4.79 Å². The van der Waals surface area contributed by atoms with Gasteiger partial charge in [-0.15, -0.1) is 0 Å². The number of hydrogen-bond acceptors (Lipinski definition) is 2. The fourth-order valence-corrected chi connectivity index (χ4v) is 1.15. The molecule has 14 heavy (non-hydrogen) atoms. The molecule has 0 spiro atoms. The molecule has 0 N–H and O–H groups in total. The number of cyclic esters (lactones) is 1. The van der Waals surface area contributed by atoms with E-state index in [0.29, 0.717) is 0 Å². The fraction of sp³-hybridized carbons (Fsp3) is 0.857. The summed E-state index contributed by atoms with van der Waals surface area (Å²) in [6.45, 7) is -0.0859. The van der Waals surface area contributed by atoms with Gasteiger partial charge >= 0.3 is 18.1 Å². The quantitative estimate of drug-likeness (QED) is 0.524. The Labute approximate surface area is 76.0 Å². The Morgan fingerprint density at radius 1 is 1.29 bits per heavy atom. The van der Waals surface area contributed by atoms with Crippen molar-refractivity contribution in [1.82, 2.24) is 0 Å². The highest BCUT2D eigenvalue weighted by atomic mass is 19.4. The second kappa shape index (κ2) is 3.36. The zero-order valence-electron chi connectivity index (χ0n) is 6.90. The summed E-state index contributed by atoms with van der Waals surface area (Å²) >= 11 is 0. The van der Waals surface area contributed by atoms with Crippen LogP contribution in [0, 0.1) is 5.92 Å². The Bertz CT molecular complexity index is 235. The van der Waals surface area contributed by atoms with Gasteiger partial charge in [-0.25, -0.2) is 0 Å². The number of ether oxygens (including phenoxy) is 1. The largest absolute Gasteiger partial charge is 0.465 e. The molecule has 0 aromatic carbocycles. The third-order valence-electron chi connectivity index (χ3n) is 1.96. The van der Waals surface area contributed by atoms with Crippen LogP contribution in [-0.2, 0) is 9.53 Å². The minimum Gasteiger partial charge on any atom is -0.465 e. The predicted octanol–water partition coefficient (Wildman–Crippen LogP) is 2.14. The lowest BCUT2D eigenvalue weighted by molar-refractivity contribution is -0.287. The van der Waals surface area contributed by atoms with Crippen molar-refractivity contribution in [3.8, 4) is 0 Å². The van der Waals surface area contributed by atoms with E-state index in [9.17, 15) is 26.7 Å². The van der Waals surface area contributed by atoms with Gasteiger partial charge in [0.1, 0.15) is 0 Å². The molecule has 0 amide bonds. The maximum absolute atomic E-state index is 12.4. The van der Waals surface area contributed by atoms with E-state index in [1.807, 2.05) is 0 Å². The van der Waals surface area contributed by atoms with Crippen LogP contribution in [0.15, 0.2) is 0 Å². The second-order valence-electron chi connectivity index (χ2n) is 3.06. The molecule has 0 aliphatic carbocycles. The lowest BCUT2D eigenvalue weighted by Crippen LogP contribution is -2.38. The van der Waals surface area contributed by atoms with Crippen molar-refractivity contribution in [3.05, 3.63) is 0 Å². The highest BCUT2D eigenvalue weighted by Gasteiger charge is 2.59. The van der Waals surface area contributed by atoms with Crippen LogP contribution in [0.2, 0.25) is 0 Å². The number of esters is 1. The summed E-state index contributed by atoms with van der Waals surface area (Å²) in [4.78, 5) is 10.7. The van der Waals surface area contributed by atoms with Crippen molar-refractivity contribution in [2.45, 2.75) is 24.9 Å². The lowest BCUT2D eigenvalue weighted by atomic mass is 9.99. The first-order valence-corrected chi connectivity index (χ1v) is 3.85. The first-order chi connectivity index (χ1) is 6.24. The molecule has 0 aromatic rings. The summed E-state index contributed by atoms with van der Waals surface area (Å²) in [6, 6.07) is 0. The van der Waals surface area contributed by atoms with E-state index in [1.54, 1.807) is 0 Å². The van der Waals surface area contributed by atoms with Gasteiger partial charge in [0.05, 0.1) is 12.5 Å². The Morgan fingerprint density at radius 3 is 2.21 bits per heavy atom. The van der Waals surface area contributed by atoms with Gasteiger partial charge in [-0.05, 0) is 6.42 Å². The lowest BCUT2D eigenvalue weighted by Gasteiger charge is -2.20. The molecule has 1 fully saturated rings. The van der Waals surface area contributed by atoms with Gasteiger partial charge in [0, 0.05) is 6.42 Å². The van der Waals surface area contributed by atoms with Crippen molar-refractivity contribution in [2.75, 3.05) is 6.61 Å². The Balaban J connectivity index is 2.63. The van der Waals surface area contributed by atoms with Crippen LogP contribution in [0.25, 0.3) is 0 Å². The SMILES string of the molecule is O=C1OCCC1CC(F)(F)C(F)(F)F. The standard InChI is InChI=1S/C7H7F5O2/c8-6(9,7(10,11)12)3-4-1-2-14-5(4)13/h4H,1-3H2. The van der Waals surface area contributed by atoms with Crippen molar-refractivity contribution in [3.63, 3.8) is 0 Å². The molecule has 0 aromatic heterocycles. The van der Waals surface area contributed by atoms with Gasteiger partial charge < -0.3 is 4.74 Å². The topological polar surface area (TPSA) is 26.3 Å². The van der Waals surface area contributed by atoms with Crippen LogP contribution >= 0.6 is 0 Å². The zero-order chi connectivity index (χ0) is 11.0. The second-order valence-corrected chi connectivity index (χ2v) is 3.06. The summed E-state index contributed by atoms with van der Waals surface area (Å²) in [6.07, 6.45) is -7.20. The predicted molar refractivity (Wildman–Crippen MR) is 34.7 cm³/mol. The molecule has 0 bridgehead atoms. The third-order valence-corrected chi connectivity index (χ3v) is 1.96. The molecule has 7 heteroatoms. The maximum atomic E-state index is 12.4. The molecule has 0 saturated carbocycles. The summed E-state index contributed by atoms with van der Waals surface area (Å²) in [5, 5.41) is 0. The summed E-state index contributed by atoms with van der Waals surface area (Å²) in [5.74, 6) is -7.14. The minimum atomic E-state index is -5.60. The summed E-state index contributed by atoms with van der Waals surface area (Å²) in [7, 11) is 0. The molecular weight excluding hydrogens is 211 g/mol. The Kier molecular flexibility index (Phi) is 2.69. The van der Waals surface area contributed by atoms with Crippen LogP contribution in [0.1, 0.15) is 12.8 Å². The van der Waals surface area contributed by atoms with Crippen molar-refractivity contribution >= 4 is 5.97 Å². The highest BCUT2D eigenvalue weighted by Crippen LogP contribution is 2.41. The summed E-state index contributed by atoms with van der Waals surface area (Å²) < 4.78 is 64.3. The molecule has 1 atom stereocenters. The molecule has 1 unspecified atom stereocenters. The third kappa shape index (κ3) is 2.13. The van der Waals surface area contributed by atoms with Gasteiger partial charge in [0.25, 0.3) is 0 Å².